The molecule has 0 fully saturated rings. The molecule has 0 saturated carbocycles. The van der Waals surface area contributed by atoms with Gasteiger partial charge >= 0.3 is 5.69 Å². The van der Waals surface area contributed by atoms with Crippen molar-refractivity contribution < 1.29 is 8.42 Å². The SMILES string of the molecule is CS(=O)(=O)n1ccc2c(Br)ccn2c1=O. The highest BCUT2D eigenvalue weighted by atomic mass is 79.9. The molecule has 2 heterocycles. The maximum atomic E-state index is 11.7. The third-order valence-electron chi connectivity index (χ3n) is 1.99. The van der Waals surface area contributed by atoms with E-state index in [2.05, 4.69) is 15.9 Å². The van der Waals surface area contributed by atoms with Gasteiger partial charge in [-0.3, -0.25) is 4.40 Å². The van der Waals surface area contributed by atoms with Crippen molar-refractivity contribution in [2.24, 2.45) is 0 Å². The minimum Gasteiger partial charge on any atom is -0.267 e. The average Bonchev–Trinajstić information content (AvgIpc) is 2.47. The molecular formula is C8H7BrN2O3S. The summed E-state index contributed by atoms with van der Waals surface area (Å²) in [6, 6.07) is 3.25. The topological polar surface area (TPSA) is 60.6 Å². The van der Waals surface area contributed by atoms with Gasteiger partial charge in [-0.25, -0.2) is 13.2 Å². The van der Waals surface area contributed by atoms with Gasteiger partial charge in [0.05, 0.1) is 11.8 Å². The van der Waals surface area contributed by atoms with Gasteiger partial charge in [-0.15, -0.1) is 0 Å². The van der Waals surface area contributed by atoms with Gasteiger partial charge in [0, 0.05) is 16.9 Å². The van der Waals surface area contributed by atoms with E-state index in [1.807, 2.05) is 0 Å². The molecule has 2 aromatic rings. The highest BCUT2D eigenvalue weighted by Gasteiger charge is 2.11. The summed E-state index contributed by atoms with van der Waals surface area (Å²) in [5, 5.41) is 0. The third kappa shape index (κ3) is 1.61. The summed E-state index contributed by atoms with van der Waals surface area (Å²) in [5.74, 6) is 0. The van der Waals surface area contributed by atoms with Crippen molar-refractivity contribution >= 4 is 31.5 Å². The van der Waals surface area contributed by atoms with Crippen molar-refractivity contribution in [3.8, 4) is 0 Å². The highest BCUT2D eigenvalue weighted by Crippen LogP contribution is 2.16. The van der Waals surface area contributed by atoms with Gasteiger partial charge in [-0.2, -0.15) is 3.97 Å². The van der Waals surface area contributed by atoms with Crippen LogP contribution < -0.4 is 5.69 Å². The molecule has 0 N–H and O–H groups in total. The van der Waals surface area contributed by atoms with Crippen LogP contribution in [0.1, 0.15) is 0 Å². The molecule has 7 heteroatoms. The van der Waals surface area contributed by atoms with Gasteiger partial charge in [0.25, 0.3) is 0 Å². The second-order valence-electron chi connectivity index (χ2n) is 3.08. The van der Waals surface area contributed by atoms with Gasteiger partial charge in [0.2, 0.25) is 10.0 Å². The van der Waals surface area contributed by atoms with Crippen LogP contribution in [0.15, 0.2) is 33.8 Å². The minimum atomic E-state index is -3.55. The number of aromatic nitrogens is 2. The third-order valence-corrected chi connectivity index (χ3v) is 3.66. The van der Waals surface area contributed by atoms with Crippen LogP contribution in [0.4, 0.5) is 0 Å². The summed E-state index contributed by atoms with van der Waals surface area (Å²) >= 11 is 3.26. The van der Waals surface area contributed by atoms with E-state index in [4.69, 9.17) is 0 Å². The first kappa shape index (κ1) is 10.4. The molecule has 0 aromatic carbocycles. The predicted molar refractivity (Wildman–Crippen MR) is 59.6 cm³/mol. The fourth-order valence-electron chi connectivity index (χ4n) is 1.31. The summed E-state index contributed by atoms with van der Waals surface area (Å²) in [7, 11) is -3.55. The molecule has 0 radical (unpaired) electrons. The Labute approximate surface area is 94.1 Å². The molecule has 0 aliphatic carbocycles. The minimum absolute atomic E-state index is 0.597. The van der Waals surface area contributed by atoms with Crippen LogP contribution in [-0.2, 0) is 10.0 Å². The Morgan fingerprint density at radius 3 is 2.53 bits per heavy atom. The number of halogens is 1. The Morgan fingerprint density at radius 1 is 1.27 bits per heavy atom. The van der Waals surface area contributed by atoms with E-state index in [9.17, 15) is 13.2 Å². The lowest BCUT2D eigenvalue weighted by Gasteiger charge is -2.03. The molecule has 0 amide bonds. The van der Waals surface area contributed by atoms with E-state index in [0.717, 1.165) is 10.7 Å². The van der Waals surface area contributed by atoms with Crippen molar-refractivity contribution in [2.75, 3.05) is 6.26 Å². The molecule has 0 aliphatic heterocycles. The van der Waals surface area contributed by atoms with E-state index in [1.54, 1.807) is 12.1 Å². The fourth-order valence-corrected chi connectivity index (χ4v) is 2.40. The molecular weight excluding hydrogens is 284 g/mol. The number of rotatable bonds is 1. The normalized spacial score (nSPS) is 12.1. The van der Waals surface area contributed by atoms with Crippen LogP contribution in [0.3, 0.4) is 0 Å². The quantitative estimate of drug-likeness (QED) is 0.776. The summed E-state index contributed by atoms with van der Waals surface area (Å²) < 4.78 is 25.2. The summed E-state index contributed by atoms with van der Waals surface area (Å²) in [4.78, 5) is 11.7. The standard InChI is InChI=1S/C8H7BrN2O3S/c1-15(13,14)11-5-3-7-6(9)2-4-10(7)8(11)12/h2-5H,1H3. The Hall–Kier alpha value is -1.08. The predicted octanol–water partition coefficient (Wildman–Crippen LogP) is 0.671. The van der Waals surface area contributed by atoms with Crippen molar-refractivity contribution in [3.63, 3.8) is 0 Å². The molecule has 5 nitrogen and oxygen atoms in total. The molecule has 80 valence electrons. The molecule has 15 heavy (non-hydrogen) atoms. The molecule has 0 saturated heterocycles. The molecule has 0 aliphatic rings. The van der Waals surface area contributed by atoms with Crippen LogP contribution in [-0.4, -0.2) is 23.0 Å². The molecule has 0 bridgehead atoms. The van der Waals surface area contributed by atoms with E-state index < -0.39 is 15.7 Å². The van der Waals surface area contributed by atoms with Gasteiger partial charge in [-0.1, -0.05) is 0 Å². The lowest BCUT2D eigenvalue weighted by molar-refractivity contribution is 0.589. The fraction of sp³-hybridized carbons (Fsp3) is 0.125. The molecule has 2 aromatic heterocycles. The smallest absolute Gasteiger partial charge is 0.267 e. The number of fused-ring (bicyclic) bond motifs is 1. The first-order valence-corrected chi connectivity index (χ1v) is 6.64. The van der Waals surface area contributed by atoms with Crippen LogP contribution in [0.2, 0.25) is 0 Å². The van der Waals surface area contributed by atoms with Crippen LogP contribution in [0.25, 0.3) is 5.52 Å². The Bertz CT molecular complexity index is 683. The number of hydrogen-bond donors (Lipinski definition) is 0. The van der Waals surface area contributed by atoms with E-state index in [1.165, 1.54) is 16.8 Å². The van der Waals surface area contributed by atoms with Gasteiger partial charge in [0.1, 0.15) is 0 Å². The molecule has 0 atom stereocenters. The lowest BCUT2D eigenvalue weighted by Crippen LogP contribution is -2.30. The Balaban J connectivity index is 2.96. The summed E-state index contributed by atoms with van der Waals surface area (Å²) in [6.07, 6.45) is 3.75. The number of nitrogens with zero attached hydrogens (tertiary/aromatic N) is 2. The summed E-state index contributed by atoms with van der Waals surface area (Å²) in [5.41, 5.74) is 0.0422. The maximum Gasteiger partial charge on any atom is 0.346 e. The number of hydrogen-bond acceptors (Lipinski definition) is 3. The molecule has 0 spiro atoms. The van der Waals surface area contributed by atoms with Crippen LogP contribution in [0, 0.1) is 0 Å². The largest absolute Gasteiger partial charge is 0.346 e. The second-order valence-corrected chi connectivity index (χ2v) is 5.79. The van der Waals surface area contributed by atoms with E-state index in [0.29, 0.717) is 9.49 Å². The maximum absolute atomic E-state index is 11.7. The molecule has 2 rings (SSSR count). The lowest BCUT2D eigenvalue weighted by atomic mass is 10.5. The second kappa shape index (κ2) is 3.21. The first-order valence-electron chi connectivity index (χ1n) is 4.00. The molecule has 0 unspecified atom stereocenters. The highest BCUT2D eigenvalue weighted by molar-refractivity contribution is 9.10. The zero-order chi connectivity index (χ0) is 11.2. The van der Waals surface area contributed by atoms with Crippen molar-refractivity contribution in [2.45, 2.75) is 0 Å². The Kier molecular flexibility index (Phi) is 2.23. The van der Waals surface area contributed by atoms with Crippen LogP contribution >= 0.6 is 15.9 Å². The van der Waals surface area contributed by atoms with Gasteiger partial charge < -0.3 is 0 Å². The Morgan fingerprint density at radius 2 is 1.93 bits per heavy atom. The first-order chi connectivity index (χ1) is 6.91. The zero-order valence-electron chi connectivity index (χ0n) is 7.71. The van der Waals surface area contributed by atoms with Crippen molar-refractivity contribution in [1.82, 2.24) is 8.37 Å². The van der Waals surface area contributed by atoms with Crippen LogP contribution in [0.5, 0.6) is 0 Å². The monoisotopic (exact) mass is 290 g/mol. The van der Waals surface area contributed by atoms with Gasteiger partial charge in [0.15, 0.2) is 0 Å². The summed E-state index contributed by atoms with van der Waals surface area (Å²) in [6.45, 7) is 0. The average molecular weight is 291 g/mol. The van der Waals surface area contributed by atoms with E-state index >= 15 is 0 Å². The van der Waals surface area contributed by atoms with Gasteiger partial charge in [-0.05, 0) is 28.1 Å². The van der Waals surface area contributed by atoms with Crippen molar-refractivity contribution in [1.29, 1.82) is 0 Å². The van der Waals surface area contributed by atoms with E-state index in [-0.39, 0.29) is 0 Å². The van der Waals surface area contributed by atoms with Crippen molar-refractivity contribution in [3.05, 3.63) is 39.5 Å². The zero-order valence-corrected chi connectivity index (χ0v) is 10.1.